The van der Waals surface area contributed by atoms with Gasteiger partial charge in [-0.2, -0.15) is 0 Å². The Balaban J connectivity index is 2.05. The Labute approximate surface area is 146 Å². The van der Waals surface area contributed by atoms with Crippen molar-refractivity contribution < 1.29 is 18.7 Å². The highest BCUT2D eigenvalue weighted by atomic mass is 16.5. The molecule has 0 atom stereocenters. The van der Waals surface area contributed by atoms with Crippen LogP contribution in [0.2, 0.25) is 0 Å². The van der Waals surface area contributed by atoms with Crippen LogP contribution in [0.4, 0.5) is 0 Å². The first-order valence-electron chi connectivity index (χ1n) is 8.05. The van der Waals surface area contributed by atoms with Gasteiger partial charge in [0.15, 0.2) is 11.5 Å². The first-order chi connectivity index (χ1) is 12.0. The van der Waals surface area contributed by atoms with Gasteiger partial charge in [-0.3, -0.25) is 4.79 Å². The van der Waals surface area contributed by atoms with Gasteiger partial charge in [0.1, 0.15) is 18.5 Å². The van der Waals surface area contributed by atoms with Crippen LogP contribution in [0.15, 0.2) is 56.8 Å². The zero-order chi connectivity index (χ0) is 18.2. The molecule has 2 aromatic rings. The summed E-state index contributed by atoms with van der Waals surface area (Å²) in [6, 6.07) is 6.49. The van der Waals surface area contributed by atoms with E-state index >= 15 is 0 Å². The minimum atomic E-state index is -0.405. The number of ether oxygens (including phenoxy) is 2. The lowest BCUT2D eigenvalue weighted by Gasteiger charge is -2.10. The maximum absolute atomic E-state index is 11.3. The van der Waals surface area contributed by atoms with E-state index in [1.54, 1.807) is 32.2 Å². The molecule has 0 unspecified atom stereocenters. The second-order valence-electron chi connectivity index (χ2n) is 5.76. The molecule has 2 rings (SSSR count). The van der Waals surface area contributed by atoms with Crippen LogP contribution in [0.25, 0.3) is 11.0 Å². The van der Waals surface area contributed by atoms with E-state index in [4.69, 9.17) is 13.9 Å². The number of methoxy groups -OCH3 is 1. The molecule has 0 saturated heterocycles. The molecule has 0 fully saturated rings. The van der Waals surface area contributed by atoms with Crippen molar-refractivity contribution in [3.05, 3.63) is 58.0 Å². The molecule has 0 saturated carbocycles. The maximum Gasteiger partial charge on any atom is 0.336 e. The quantitative estimate of drug-likeness (QED) is 0.313. The third-order valence-electron chi connectivity index (χ3n) is 3.77. The number of aldehydes is 1. The molecule has 25 heavy (non-hydrogen) atoms. The standard InChI is InChI=1S/C20H22O5/c1-14(5-4-6-15(2)13-21)9-10-24-19-12-17-16(11-18(19)23-3)7-8-20(22)25-17/h6-9,11-13H,4-5,10H2,1-3H3. The molecule has 0 aliphatic rings. The highest BCUT2D eigenvalue weighted by molar-refractivity contribution is 5.80. The molecular formula is C20H22O5. The highest BCUT2D eigenvalue weighted by Crippen LogP contribution is 2.31. The summed E-state index contributed by atoms with van der Waals surface area (Å²) in [6.07, 6.45) is 6.43. The third-order valence-corrected chi connectivity index (χ3v) is 3.77. The number of carbonyl (C=O) groups excluding carboxylic acids is 1. The van der Waals surface area contributed by atoms with Crippen LogP contribution in [0, 0.1) is 0 Å². The SMILES string of the molecule is COc1cc2ccc(=O)oc2cc1OCC=C(C)CCC=C(C)C=O. The van der Waals surface area contributed by atoms with Gasteiger partial charge in [0.05, 0.1) is 7.11 Å². The van der Waals surface area contributed by atoms with Gasteiger partial charge in [0.2, 0.25) is 0 Å². The minimum Gasteiger partial charge on any atom is -0.493 e. The average molecular weight is 342 g/mol. The van der Waals surface area contributed by atoms with E-state index < -0.39 is 5.63 Å². The molecule has 1 aromatic heterocycles. The van der Waals surface area contributed by atoms with Crippen molar-refractivity contribution >= 4 is 17.3 Å². The van der Waals surface area contributed by atoms with Crippen molar-refractivity contribution in [3.8, 4) is 11.5 Å². The van der Waals surface area contributed by atoms with Crippen LogP contribution in [-0.2, 0) is 4.79 Å². The van der Waals surface area contributed by atoms with E-state index in [0.717, 1.165) is 30.1 Å². The fourth-order valence-electron chi connectivity index (χ4n) is 2.30. The second-order valence-corrected chi connectivity index (χ2v) is 5.76. The molecule has 0 N–H and O–H groups in total. The molecule has 0 aliphatic heterocycles. The fourth-order valence-corrected chi connectivity index (χ4v) is 2.30. The van der Waals surface area contributed by atoms with Crippen LogP contribution in [0.5, 0.6) is 11.5 Å². The number of benzene rings is 1. The molecule has 0 amide bonds. The molecule has 5 heteroatoms. The predicted molar refractivity (Wildman–Crippen MR) is 97.3 cm³/mol. The number of carbonyl (C=O) groups is 1. The first kappa shape index (κ1) is 18.5. The van der Waals surface area contributed by atoms with Crippen LogP contribution in [0.3, 0.4) is 0 Å². The van der Waals surface area contributed by atoms with Gasteiger partial charge < -0.3 is 13.9 Å². The Kier molecular flexibility index (Phi) is 6.57. The summed E-state index contributed by atoms with van der Waals surface area (Å²) in [7, 11) is 1.57. The molecule has 0 bridgehead atoms. The Morgan fingerprint density at radius 3 is 2.68 bits per heavy atom. The van der Waals surface area contributed by atoms with Gasteiger partial charge in [0, 0.05) is 17.5 Å². The maximum atomic E-state index is 11.3. The summed E-state index contributed by atoms with van der Waals surface area (Å²) in [6.45, 7) is 4.19. The van der Waals surface area contributed by atoms with Crippen LogP contribution in [-0.4, -0.2) is 20.0 Å². The number of fused-ring (bicyclic) bond motifs is 1. The molecule has 0 aliphatic carbocycles. The average Bonchev–Trinajstić information content (AvgIpc) is 2.60. The van der Waals surface area contributed by atoms with Crippen molar-refractivity contribution in [2.24, 2.45) is 0 Å². The Bertz CT molecular complexity index is 858. The summed E-state index contributed by atoms with van der Waals surface area (Å²) in [4.78, 5) is 21.9. The fraction of sp³-hybridized carbons (Fsp3) is 0.300. The molecule has 5 nitrogen and oxygen atoms in total. The van der Waals surface area contributed by atoms with E-state index in [1.165, 1.54) is 11.6 Å². The number of rotatable bonds is 8. The number of allylic oxidation sites excluding steroid dienone is 3. The Morgan fingerprint density at radius 1 is 1.16 bits per heavy atom. The number of hydrogen-bond acceptors (Lipinski definition) is 5. The highest BCUT2D eigenvalue weighted by Gasteiger charge is 2.08. The first-order valence-corrected chi connectivity index (χ1v) is 8.05. The summed E-state index contributed by atoms with van der Waals surface area (Å²) < 4.78 is 16.3. The summed E-state index contributed by atoms with van der Waals surface area (Å²) in [5.41, 5.74) is 1.96. The zero-order valence-electron chi connectivity index (χ0n) is 14.7. The molecule has 0 spiro atoms. The predicted octanol–water partition coefficient (Wildman–Crippen LogP) is 4.05. The van der Waals surface area contributed by atoms with E-state index in [9.17, 15) is 9.59 Å². The summed E-state index contributed by atoms with van der Waals surface area (Å²) in [5.74, 6) is 1.10. The molecular weight excluding hydrogens is 320 g/mol. The zero-order valence-corrected chi connectivity index (χ0v) is 14.7. The molecule has 0 radical (unpaired) electrons. The lowest BCUT2D eigenvalue weighted by Crippen LogP contribution is -1.99. The number of hydrogen-bond donors (Lipinski definition) is 0. The summed E-state index contributed by atoms with van der Waals surface area (Å²) >= 11 is 0. The molecule has 1 heterocycles. The Hall–Kier alpha value is -2.82. The minimum absolute atomic E-state index is 0.376. The monoisotopic (exact) mass is 342 g/mol. The van der Waals surface area contributed by atoms with Gasteiger partial charge >= 0.3 is 5.63 Å². The van der Waals surface area contributed by atoms with Gasteiger partial charge in [-0.05, 0) is 50.5 Å². The summed E-state index contributed by atoms with van der Waals surface area (Å²) in [5, 5.41) is 0.771. The Morgan fingerprint density at radius 2 is 1.96 bits per heavy atom. The normalized spacial score (nSPS) is 12.3. The topological polar surface area (TPSA) is 65.7 Å². The molecule has 132 valence electrons. The van der Waals surface area contributed by atoms with Gasteiger partial charge in [-0.25, -0.2) is 4.79 Å². The van der Waals surface area contributed by atoms with E-state index in [0.29, 0.717) is 23.7 Å². The van der Waals surface area contributed by atoms with Gasteiger partial charge in [-0.15, -0.1) is 0 Å². The largest absolute Gasteiger partial charge is 0.493 e. The van der Waals surface area contributed by atoms with Crippen LogP contribution >= 0.6 is 0 Å². The van der Waals surface area contributed by atoms with E-state index in [1.807, 2.05) is 19.1 Å². The van der Waals surface area contributed by atoms with Crippen LogP contribution < -0.4 is 15.1 Å². The lowest BCUT2D eigenvalue weighted by atomic mass is 10.1. The smallest absolute Gasteiger partial charge is 0.336 e. The van der Waals surface area contributed by atoms with Gasteiger partial charge in [0.25, 0.3) is 0 Å². The van der Waals surface area contributed by atoms with Crippen LogP contribution in [0.1, 0.15) is 26.7 Å². The molecule has 1 aromatic carbocycles. The van der Waals surface area contributed by atoms with E-state index in [2.05, 4.69) is 0 Å². The lowest BCUT2D eigenvalue weighted by molar-refractivity contribution is -0.104. The van der Waals surface area contributed by atoms with Gasteiger partial charge in [-0.1, -0.05) is 11.6 Å². The van der Waals surface area contributed by atoms with Crippen molar-refractivity contribution in [3.63, 3.8) is 0 Å². The third kappa shape index (κ3) is 5.35. The van der Waals surface area contributed by atoms with Crippen molar-refractivity contribution in [2.75, 3.05) is 13.7 Å². The van der Waals surface area contributed by atoms with Crippen molar-refractivity contribution in [2.45, 2.75) is 26.7 Å². The van der Waals surface area contributed by atoms with Crippen molar-refractivity contribution in [1.29, 1.82) is 0 Å². The van der Waals surface area contributed by atoms with E-state index in [-0.39, 0.29) is 0 Å². The van der Waals surface area contributed by atoms with Crippen molar-refractivity contribution in [1.82, 2.24) is 0 Å². The second kappa shape index (κ2) is 8.87.